The fourth-order valence-electron chi connectivity index (χ4n) is 5.19. The first-order valence-electron chi connectivity index (χ1n) is 12.2. The van der Waals surface area contributed by atoms with Gasteiger partial charge in [-0.3, -0.25) is 9.59 Å². The largest absolute Gasteiger partial charge is 0.356 e. The number of nitrogens with one attached hydrogen (secondary N) is 1. The average molecular weight is 479 g/mol. The zero-order chi connectivity index (χ0) is 23.3. The molecule has 3 aromatic rings. The van der Waals surface area contributed by atoms with E-state index in [9.17, 15) is 9.59 Å². The molecule has 2 aliphatic rings. The van der Waals surface area contributed by atoms with E-state index >= 15 is 0 Å². The maximum absolute atomic E-state index is 13.5. The van der Waals surface area contributed by atoms with Crippen LogP contribution in [0.1, 0.15) is 71.4 Å². The topological polar surface area (TPSA) is 88.3 Å². The Morgan fingerprint density at radius 1 is 1.09 bits per heavy atom. The molecule has 1 aliphatic heterocycles. The number of hydrogen-bond donors (Lipinski definition) is 1. The lowest BCUT2D eigenvalue weighted by atomic mass is 10.00. The van der Waals surface area contributed by atoms with Crippen LogP contribution in [-0.4, -0.2) is 46.0 Å². The van der Waals surface area contributed by atoms with Gasteiger partial charge in [-0.2, -0.15) is 4.98 Å². The lowest BCUT2D eigenvalue weighted by Crippen LogP contribution is -2.47. The van der Waals surface area contributed by atoms with Gasteiger partial charge >= 0.3 is 0 Å². The first-order valence-corrected chi connectivity index (χ1v) is 13.1. The summed E-state index contributed by atoms with van der Waals surface area (Å²) in [6.07, 6.45) is 5.90. The summed E-state index contributed by atoms with van der Waals surface area (Å²) in [6.45, 7) is 1.36. The number of aromatic nitrogens is 2. The normalized spacial score (nSPS) is 23.7. The molecule has 1 N–H and O–H groups in total. The van der Waals surface area contributed by atoms with Gasteiger partial charge in [0.2, 0.25) is 11.8 Å². The Labute approximate surface area is 203 Å². The summed E-state index contributed by atoms with van der Waals surface area (Å²) < 4.78 is 5.67. The lowest BCUT2D eigenvalue weighted by Gasteiger charge is -2.32. The second-order valence-corrected chi connectivity index (χ2v) is 10.2. The smallest absolute Gasteiger partial charge is 0.264 e. The third kappa shape index (κ3) is 5.06. The highest BCUT2D eigenvalue weighted by molar-refractivity contribution is 7.12. The summed E-state index contributed by atoms with van der Waals surface area (Å²) in [4.78, 5) is 34.0. The van der Waals surface area contributed by atoms with Crippen molar-refractivity contribution in [2.45, 2.75) is 56.9 Å². The summed E-state index contributed by atoms with van der Waals surface area (Å²) in [6, 6.07) is 13.6. The Balaban J connectivity index is 1.39. The molecule has 178 valence electrons. The third-order valence-corrected chi connectivity index (χ3v) is 7.78. The van der Waals surface area contributed by atoms with E-state index in [2.05, 4.69) is 15.5 Å². The van der Waals surface area contributed by atoms with Gasteiger partial charge in [-0.1, -0.05) is 54.4 Å². The van der Waals surface area contributed by atoms with E-state index in [1.807, 2.05) is 52.7 Å². The van der Waals surface area contributed by atoms with Crippen molar-refractivity contribution in [3.8, 4) is 0 Å². The Bertz CT molecular complexity index is 1100. The molecular formula is C26H30N4O3S. The molecule has 8 heteroatoms. The number of nitrogens with zero attached hydrogens (tertiary/aromatic N) is 3. The zero-order valence-corrected chi connectivity index (χ0v) is 20.0. The van der Waals surface area contributed by atoms with Crippen molar-refractivity contribution in [1.29, 1.82) is 0 Å². The summed E-state index contributed by atoms with van der Waals surface area (Å²) in [5.74, 6) is 0.944. The highest BCUT2D eigenvalue weighted by Gasteiger charge is 2.45. The number of hydrogen-bond acceptors (Lipinski definition) is 6. The molecule has 0 radical (unpaired) electrons. The molecule has 1 aliphatic carbocycles. The van der Waals surface area contributed by atoms with Gasteiger partial charge in [0.05, 0.1) is 10.8 Å². The highest BCUT2D eigenvalue weighted by Crippen LogP contribution is 2.41. The average Bonchev–Trinajstić information content (AvgIpc) is 3.61. The Hall–Kier alpha value is -3.00. The zero-order valence-electron chi connectivity index (χ0n) is 19.2. The molecule has 34 heavy (non-hydrogen) atoms. The van der Waals surface area contributed by atoms with Crippen LogP contribution < -0.4 is 5.32 Å². The van der Waals surface area contributed by atoms with Crippen LogP contribution in [0.5, 0.6) is 0 Å². The molecule has 2 aromatic heterocycles. The summed E-state index contributed by atoms with van der Waals surface area (Å²) in [5, 5.41) is 9.24. The summed E-state index contributed by atoms with van der Waals surface area (Å²) >= 11 is 1.45. The van der Waals surface area contributed by atoms with Gasteiger partial charge in [0.15, 0.2) is 5.82 Å². The van der Waals surface area contributed by atoms with E-state index in [0.717, 1.165) is 36.1 Å². The van der Waals surface area contributed by atoms with Gasteiger partial charge in [-0.05, 0) is 42.7 Å². The van der Waals surface area contributed by atoms with Crippen LogP contribution >= 0.6 is 11.3 Å². The quantitative estimate of drug-likeness (QED) is 0.600. The first kappa shape index (κ1) is 22.8. The Kier molecular flexibility index (Phi) is 7.04. The molecule has 3 heterocycles. The van der Waals surface area contributed by atoms with E-state index in [-0.39, 0.29) is 29.7 Å². The maximum Gasteiger partial charge on any atom is 0.264 e. The van der Waals surface area contributed by atoms with Crippen LogP contribution in [-0.2, 0) is 11.2 Å². The SMILES string of the molecule is O=C1NCCCCCCN(C(=O)c2cccs2)C2CC(c3nc(Cc4ccccc4)no3)CC12. The molecule has 1 saturated carbocycles. The van der Waals surface area contributed by atoms with Gasteiger partial charge in [-0.15, -0.1) is 11.3 Å². The van der Waals surface area contributed by atoms with Crippen LogP contribution in [0, 0.1) is 5.92 Å². The number of fused-ring (bicyclic) bond motifs is 1. The molecule has 3 unspecified atom stereocenters. The van der Waals surface area contributed by atoms with Crippen LogP contribution in [0.4, 0.5) is 0 Å². The molecule has 1 saturated heterocycles. The van der Waals surface area contributed by atoms with Gasteiger partial charge < -0.3 is 14.7 Å². The van der Waals surface area contributed by atoms with Crippen LogP contribution in [0.2, 0.25) is 0 Å². The van der Waals surface area contributed by atoms with Crippen LogP contribution in [0.25, 0.3) is 0 Å². The van der Waals surface area contributed by atoms with Gasteiger partial charge in [0, 0.05) is 31.5 Å². The van der Waals surface area contributed by atoms with E-state index in [0.29, 0.717) is 44.1 Å². The molecular weight excluding hydrogens is 448 g/mol. The predicted octanol–water partition coefficient (Wildman–Crippen LogP) is 4.42. The second kappa shape index (κ2) is 10.5. The molecule has 0 spiro atoms. The number of amides is 2. The Morgan fingerprint density at radius 3 is 2.76 bits per heavy atom. The Morgan fingerprint density at radius 2 is 1.94 bits per heavy atom. The van der Waals surface area contributed by atoms with Crippen molar-refractivity contribution in [2.24, 2.45) is 5.92 Å². The van der Waals surface area contributed by atoms with E-state index in [4.69, 9.17) is 4.52 Å². The number of thiophene rings is 1. The molecule has 2 amide bonds. The molecule has 5 rings (SSSR count). The van der Waals surface area contributed by atoms with Crippen LogP contribution in [0.15, 0.2) is 52.4 Å². The number of carbonyl (C=O) groups excluding carboxylic acids is 2. The molecule has 2 fully saturated rings. The van der Waals surface area contributed by atoms with Gasteiger partial charge in [-0.25, -0.2) is 0 Å². The number of rotatable bonds is 4. The second-order valence-electron chi connectivity index (χ2n) is 9.23. The lowest BCUT2D eigenvalue weighted by molar-refractivity contribution is -0.126. The minimum absolute atomic E-state index is 0.0213. The van der Waals surface area contributed by atoms with E-state index in [1.54, 1.807) is 0 Å². The van der Waals surface area contributed by atoms with E-state index in [1.165, 1.54) is 11.3 Å². The first-order chi connectivity index (χ1) is 16.7. The highest BCUT2D eigenvalue weighted by atomic mass is 32.1. The van der Waals surface area contributed by atoms with Crippen molar-refractivity contribution in [3.05, 3.63) is 70.0 Å². The molecule has 1 aromatic carbocycles. The predicted molar refractivity (Wildman–Crippen MR) is 130 cm³/mol. The minimum atomic E-state index is -0.281. The third-order valence-electron chi connectivity index (χ3n) is 6.92. The summed E-state index contributed by atoms with van der Waals surface area (Å²) in [5.41, 5.74) is 1.12. The molecule has 0 bridgehead atoms. The van der Waals surface area contributed by atoms with Crippen LogP contribution in [0.3, 0.4) is 0 Å². The number of carbonyl (C=O) groups is 2. The van der Waals surface area contributed by atoms with Crippen molar-refractivity contribution in [1.82, 2.24) is 20.4 Å². The standard InChI is InChI=1S/C26H30N4O3S/c31-24-20-16-19(25-28-23(29-33-25)15-18-9-4-3-5-10-18)17-21(20)30(13-7-2-1-6-12-27-24)26(32)22-11-8-14-34-22/h3-5,8-11,14,19-21H,1-2,6-7,12-13,15-17H2,(H,27,31). The van der Waals surface area contributed by atoms with E-state index < -0.39 is 0 Å². The van der Waals surface area contributed by atoms with Crippen molar-refractivity contribution in [3.63, 3.8) is 0 Å². The maximum atomic E-state index is 13.5. The van der Waals surface area contributed by atoms with Gasteiger partial charge in [0.1, 0.15) is 0 Å². The van der Waals surface area contributed by atoms with Crippen molar-refractivity contribution in [2.75, 3.05) is 13.1 Å². The fraction of sp³-hybridized carbons (Fsp3) is 0.462. The monoisotopic (exact) mass is 478 g/mol. The van der Waals surface area contributed by atoms with Gasteiger partial charge in [0.25, 0.3) is 5.91 Å². The number of benzene rings is 1. The minimum Gasteiger partial charge on any atom is -0.356 e. The molecule has 3 atom stereocenters. The van der Waals surface area contributed by atoms with Crippen molar-refractivity contribution < 1.29 is 14.1 Å². The fourth-order valence-corrected chi connectivity index (χ4v) is 5.87. The molecule has 7 nitrogen and oxygen atoms in total. The van der Waals surface area contributed by atoms with Crippen molar-refractivity contribution >= 4 is 23.2 Å². The summed E-state index contributed by atoms with van der Waals surface area (Å²) in [7, 11) is 0.